The molecule has 8 heteroatoms. The van der Waals surface area contributed by atoms with Crippen LogP contribution < -0.4 is 0 Å². The summed E-state index contributed by atoms with van der Waals surface area (Å²) in [5.41, 5.74) is -1.86. The smallest absolute Gasteiger partial charge is 0.319 e. The van der Waals surface area contributed by atoms with Crippen LogP contribution in [0.15, 0.2) is 24.3 Å². The molecule has 15 heavy (non-hydrogen) atoms. The highest BCUT2D eigenvalue weighted by Crippen LogP contribution is 2.39. The number of carbonyl (C=O) groups is 1. The summed E-state index contributed by atoms with van der Waals surface area (Å²) in [4.78, 5) is 37.7. The van der Waals surface area contributed by atoms with Gasteiger partial charge in [0.05, 0.1) is 4.92 Å². The number of benzene rings is 1. The van der Waals surface area contributed by atoms with Crippen LogP contribution in [0.5, 0.6) is 0 Å². The number of nitro benzene ring substituents is 1. The largest absolute Gasteiger partial charge is 0.396 e. The van der Waals surface area contributed by atoms with E-state index in [9.17, 15) is 19.5 Å². The molecule has 0 aliphatic heterocycles. The van der Waals surface area contributed by atoms with Crippen LogP contribution in [-0.4, -0.2) is 20.2 Å². The first kappa shape index (κ1) is 11.5. The topological polar surface area (TPSA) is 118 Å². The molecule has 0 spiro atoms. The van der Waals surface area contributed by atoms with Crippen LogP contribution in [0.25, 0.3) is 0 Å². The molecular formula is C7H6NO6P. The van der Waals surface area contributed by atoms with Crippen molar-refractivity contribution in [3.05, 3.63) is 39.9 Å². The minimum Gasteiger partial charge on any atom is -0.319 e. The number of rotatable bonds is 3. The highest BCUT2D eigenvalue weighted by atomic mass is 31.2. The van der Waals surface area contributed by atoms with Crippen molar-refractivity contribution in [2.75, 3.05) is 0 Å². The summed E-state index contributed by atoms with van der Waals surface area (Å²) in [6.45, 7) is 0. The Morgan fingerprint density at radius 3 is 2.07 bits per heavy atom. The van der Waals surface area contributed by atoms with Crippen LogP contribution in [0.1, 0.15) is 10.4 Å². The van der Waals surface area contributed by atoms with Gasteiger partial charge in [-0.25, -0.2) is 0 Å². The minimum absolute atomic E-state index is 0.253. The van der Waals surface area contributed by atoms with Crippen molar-refractivity contribution in [3.8, 4) is 0 Å². The first-order valence-corrected chi connectivity index (χ1v) is 5.28. The van der Waals surface area contributed by atoms with Gasteiger partial charge in [0.1, 0.15) is 0 Å². The molecule has 0 amide bonds. The van der Waals surface area contributed by atoms with Gasteiger partial charge in [-0.3, -0.25) is 19.5 Å². The second-order valence-corrected chi connectivity index (χ2v) is 4.15. The molecule has 1 aromatic carbocycles. The second kappa shape index (κ2) is 3.90. The van der Waals surface area contributed by atoms with Crippen molar-refractivity contribution in [1.82, 2.24) is 0 Å². The fourth-order valence-corrected chi connectivity index (χ4v) is 1.38. The summed E-state index contributed by atoms with van der Waals surface area (Å²) in [7, 11) is -4.83. The molecule has 0 unspecified atom stereocenters. The fraction of sp³-hybridized carbons (Fsp3) is 0. The molecule has 0 heterocycles. The molecule has 0 aliphatic rings. The van der Waals surface area contributed by atoms with E-state index in [4.69, 9.17) is 9.79 Å². The number of hydrogen-bond acceptors (Lipinski definition) is 4. The lowest BCUT2D eigenvalue weighted by molar-refractivity contribution is -0.384. The molecule has 0 aliphatic carbocycles. The summed E-state index contributed by atoms with van der Waals surface area (Å²) < 4.78 is 10.6. The Labute approximate surface area is 83.7 Å². The van der Waals surface area contributed by atoms with Gasteiger partial charge in [-0.15, -0.1) is 0 Å². The van der Waals surface area contributed by atoms with Crippen molar-refractivity contribution >= 4 is 18.8 Å². The van der Waals surface area contributed by atoms with Gasteiger partial charge in [-0.1, -0.05) is 0 Å². The van der Waals surface area contributed by atoms with Crippen LogP contribution in [-0.2, 0) is 4.57 Å². The standard InChI is InChI=1S/C7H6NO6P/c9-7(15(12,13)14)5-1-3-6(4-2-5)8(10)11/h1-4H,(H2,12,13,14). The van der Waals surface area contributed by atoms with Gasteiger partial charge in [0.2, 0.25) is 0 Å². The van der Waals surface area contributed by atoms with Crippen molar-refractivity contribution in [2.24, 2.45) is 0 Å². The molecule has 80 valence electrons. The minimum atomic E-state index is -4.83. The molecule has 0 fully saturated rings. The molecule has 0 atom stereocenters. The molecule has 1 rings (SSSR count). The van der Waals surface area contributed by atoms with Gasteiger partial charge in [0.15, 0.2) is 0 Å². The number of carbonyl (C=O) groups excluding carboxylic acids is 1. The molecule has 2 N–H and O–H groups in total. The van der Waals surface area contributed by atoms with Crippen LogP contribution in [0.4, 0.5) is 5.69 Å². The van der Waals surface area contributed by atoms with E-state index in [1.165, 1.54) is 0 Å². The van der Waals surface area contributed by atoms with E-state index < -0.39 is 18.0 Å². The van der Waals surface area contributed by atoms with Crippen molar-refractivity contribution in [3.63, 3.8) is 0 Å². The van der Waals surface area contributed by atoms with E-state index in [-0.39, 0.29) is 11.3 Å². The van der Waals surface area contributed by atoms with Crippen LogP contribution in [0.2, 0.25) is 0 Å². The fourth-order valence-electron chi connectivity index (χ4n) is 0.894. The summed E-state index contributed by atoms with van der Waals surface area (Å²) in [5.74, 6) is 0. The number of non-ortho nitro benzene ring substituents is 1. The molecule has 1 aromatic rings. The third kappa shape index (κ3) is 2.69. The van der Waals surface area contributed by atoms with Crippen LogP contribution >= 0.6 is 7.60 Å². The Kier molecular flexibility index (Phi) is 2.99. The summed E-state index contributed by atoms with van der Waals surface area (Å²) in [5, 5.41) is 10.2. The molecule has 0 saturated carbocycles. The normalized spacial score (nSPS) is 11.1. The zero-order valence-corrected chi connectivity index (χ0v) is 8.13. The van der Waals surface area contributed by atoms with E-state index in [1.807, 2.05) is 0 Å². The van der Waals surface area contributed by atoms with Crippen molar-refractivity contribution < 1.29 is 24.1 Å². The average molecular weight is 231 g/mol. The number of hydrogen-bond donors (Lipinski definition) is 2. The quantitative estimate of drug-likeness (QED) is 0.453. The lowest BCUT2D eigenvalue weighted by Gasteiger charge is -2.01. The lowest BCUT2D eigenvalue weighted by atomic mass is 10.2. The lowest BCUT2D eigenvalue weighted by Crippen LogP contribution is -1.99. The average Bonchev–Trinajstić information content (AvgIpc) is 2.15. The van der Waals surface area contributed by atoms with Gasteiger partial charge in [0.25, 0.3) is 11.2 Å². The molecule has 0 aromatic heterocycles. The maximum atomic E-state index is 11.0. The summed E-state index contributed by atoms with van der Waals surface area (Å²) in [6, 6.07) is 4.00. The first-order valence-electron chi connectivity index (χ1n) is 3.67. The van der Waals surface area contributed by atoms with E-state index in [2.05, 4.69) is 0 Å². The molecular weight excluding hydrogens is 225 g/mol. The maximum Gasteiger partial charge on any atom is 0.396 e. The van der Waals surface area contributed by atoms with E-state index in [1.54, 1.807) is 0 Å². The Balaban J connectivity index is 3.05. The van der Waals surface area contributed by atoms with Crippen molar-refractivity contribution in [1.29, 1.82) is 0 Å². The van der Waals surface area contributed by atoms with Crippen LogP contribution in [0.3, 0.4) is 0 Å². The summed E-state index contributed by atoms with van der Waals surface area (Å²) >= 11 is 0. The number of nitro groups is 1. The monoisotopic (exact) mass is 231 g/mol. The van der Waals surface area contributed by atoms with Gasteiger partial charge in [-0.2, -0.15) is 0 Å². The predicted octanol–water partition coefficient (Wildman–Crippen LogP) is 0.913. The van der Waals surface area contributed by atoms with E-state index in [0.717, 1.165) is 24.3 Å². The predicted molar refractivity (Wildman–Crippen MR) is 49.5 cm³/mol. The zero-order valence-electron chi connectivity index (χ0n) is 7.23. The molecule has 0 radical (unpaired) electrons. The second-order valence-electron chi connectivity index (χ2n) is 2.65. The van der Waals surface area contributed by atoms with Gasteiger partial charge in [-0.05, 0) is 12.1 Å². The first-order chi connectivity index (χ1) is 6.82. The molecule has 0 saturated heterocycles. The van der Waals surface area contributed by atoms with Crippen LogP contribution in [0, 0.1) is 10.1 Å². The van der Waals surface area contributed by atoms with Gasteiger partial charge in [0, 0.05) is 17.7 Å². The van der Waals surface area contributed by atoms with E-state index in [0.29, 0.717) is 0 Å². The highest BCUT2D eigenvalue weighted by molar-refractivity contribution is 7.70. The summed E-state index contributed by atoms with van der Waals surface area (Å²) in [6.07, 6.45) is 0. The Hall–Kier alpha value is -1.56. The Morgan fingerprint density at radius 2 is 1.73 bits per heavy atom. The zero-order chi connectivity index (χ0) is 11.6. The number of nitrogens with zero attached hydrogens (tertiary/aromatic N) is 1. The third-order valence-corrected chi connectivity index (χ3v) is 2.38. The van der Waals surface area contributed by atoms with Gasteiger partial charge < -0.3 is 9.79 Å². The molecule has 7 nitrogen and oxygen atoms in total. The van der Waals surface area contributed by atoms with E-state index >= 15 is 0 Å². The third-order valence-electron chi connectivity index (χ3n) is 1.59. The van der Waals surface area contributed by atoms with Gasteiger partial charge >= 0.3 is 7.60 Å². The Bertz CT molecular complexity index is 447. The Morgan fingerprint density at radius 1 is 1.27 bits per heavy atom. The van der Waals surface area contributed by atoms with Crippen molar-refractivity contribution in [2.45, 2.75) is 0 Å². The highest BCUT2D eigenvalue weighted by Gasteiger charge is 2.27. The molecule has 0 bridgehead atoms. The SMILES string of the molecule is O=C(c1ccc([N+](=O)[O-])cc1)P(=O)(O)O. The maximum absolute atomic E-state index is 11.0.